The molecule has 1 aromatic carbocycles. The lowest BCUT2D eigenvalue weighted by Gasteiger charge is -2.07. The van der Waals surface area contributed by atoms with Crippen molar-refractivity contribution in [3.63, 3.8) is 0 Å². The number of amides is 1. The van der Waals surface area contributed by atoms with Crippen molar-refractivity contribution in [1.29, 1.82) is 0 Å². The van der Waals surface area contributed by atoms with Crippen molar-refractivity contribution >= 4 is 11.6 Å². The van der Waals surface area contributed by atoms with Crippen LogP contribution in [0.4, 0.5) is 5.69 Å². The third kappa shape index (κ3) is 2.59. The van der Waals surface area contributed by atoms with Crippen LogP contribution in [0.25, 0.3) is 0 Å². The first-order valence-corrected chi connectivity index (χ1v) is 6.30. The number of anilines is 1. The van der Waals surface area contributed by atoms with E-state index in [9.17, 15) is 4.79 Å². The Morgan fingerprint density at radius 3 is 2.35 bits per heavy atom. The first-order valence-electron chi connectivity index (χ1n) is 6.30. The summed E-state index contributed by atoms with van der Waals surface area (Å²) in [6.07, 6.45) is 0. The predicted octanol–water partition coefficient (Wildman–Crippen LogP) is 2.02. The highest BCUT2D eigenvalue weighted by Gasteiger charge is 2.17. The van der Waals surface area contributed by atoms with Crippen molar-refractivity contribution < 1.29 is 9.53 Å². The molecule has 0 saturated heterocycles. The predicted molar refractivity (Wildman–Crippen MR) is 76.7 cm³/mol. The van der Waals surface area contributed by atoms with Crippen molar-refractivity contribution in [3.05, 3.63) is 35.5 Å². The Balaban J connectivity index is 2.28. The van der Waals surface area contributed by atoms with E-state index in [4.69, 9.17) is 16.2 Å². The highest BCUT2D eigenvalue weighted by atomic mass is 16.5. The fraction of sp³-hybridized carbons (Fsp3) is 0.286. The molecule has 2 aromatic rings. The molecule has 0 radical (unpaired) electrons. The minimum atomic E-state index is -0.473. The first-order chi connectivity index (χ1) is 9.40. The van der Waals surface area contributed by atoms with Gasteiger partial charge in [0, 0.05) is 12.6 Å². The number of nitrogens with zero attached hydrogens (tertiary/aromatic N) is 2. The second-order valence-electron chi connectivity index (χ2n) is 4.87. The van der Waals surface area contributed by atoms with Crippen LogP contribution in [0.1, 0.15) is 35.8 Å². The molecule has 0 aliphatic rings. The van der Waals surface area contributed by atoms with E-state index < -0.39 is 5.91 Å². The lowest BCUT2D eigenvalue weighted by Crippen LogP contribution is -2.10. The Morgan fingerprint density at radius 1 is 1.30 bits per heavy atom. The van der Waals surface area contributed by atoms with Crippen LogP contribution in [0.2, 0.25) is 0 Å². The molecule has 0 spiro atoms. The largest absolute Gasteiger partial charge is 0.437 e. The number of hydrogen-bond donors (Lipinski definition) is 2. The number of nitrogens with two attached hydrogens (primary N) is 2. The van der Waals surface area contributed by atoms with Gasteiger partial charge in [-0.3, -0.25) is 4.79 Å². The zero-order chi connectivity index (χ0) is 14.9. The number of hydrogen-bond acceptors (Lipinski definition) is 4. The van der Waals surface area contributed by atoms with Crippen LogP contribution in [0.5, 0.6) is 11.6 Å². The van der Waals surface area contributed by atoms with Gasteiger partial charge >= 0.3 is 0 Å². The van der Waals surface area contributed by atoms with Crippen LogP contribution in [-0.4, -0.2) is 15.7 Å². The molecule has 6 heteroatoms. The third-order valence-corrected chi connectivity index (χ3v) is 2.96. The number of carbonyl (C=O) groups is 1. The minimum Gasteiger partial charge on any atom is -0.437 e. The normalized spacial score (nSPS) is 10.8. The van der Waals surface area contributed by atoms with E-state index in [-0.39, 0.29) is 5.92 Å². The summed E-state index contributed by atoms with van der Waals surface area (Å²) < 4.78 is 7.33. The summed E-state index contributed by atoms with van der Waals surface area (Å²) in [6, 6.07) is 6.55. The molecule has 0 aliphatic heterocycles. The fourth-order valence-corrected chi connectivity index (χ4v) is 1.89. The van der Waals surface area contributed by atoms with Gasteiger partial charge in [0.05, 0.1) is 5.69 Å². The van der Waals surface area contributed by atoms with Gasteiger partial charge in [-0.05, 0) is 30.2 Å². The Morgan fingerprint density at radius 2 is 1.90 bits per heavy atom. The van der Waals surface area contributed by atoms with E-state index in [0.717, 1.165) is 5.69 Å². The van der Waals surface area contributed by atoms with Crippen molar-refractivity contribution in [2.75, 3.05) is 5.73 Å². The van der Waals surface area contributed by atoms with Crippen molar-refractivity contribution in [1.82, 2.24) is 9.78 Å². The molecule has 1 aromatic heterocycles. The summed E-state index contributed by atoms with van der Waals surface area (Å²) >= 11 is 0. The monoisotopic (exact) mass is 274 g/mol. The van der Waals surface area contributed by atoms with Gasteiger partial charge in [0.1, 0.15) is 11.4 Å². The average molecular weight is 274 g/mol. The molecule has 6 nitrogen and oxygen atoms in total. The van der Waals surface area contributed by atoms with E-state index in [1.54, 1.807) is 36.0 Å². The molecular weight excluding hydrogens is 256 g/mol. The van der Waals surface area contributed by atoms with Gasteiger partial charge in [0.2, 0.25) is 11.8 Å². The average Bonchev–Trinajstić information content (AvgIpc) is 2.67. The zero-order valence-corrected chi connectivity index (χ0v) is 11.8. The molecule has 20 heavy (non-hydrogen) atoms. The number of carbonyl (C=O) groups excluding carboxylic acids is 1. The Labute approximate surface area is 117 Å². The highest BCUT2D eigenvalue weighted by molar-refractivity contribution is 5.92. The molecule has 106 valence electrons. The van der Waals surface area contributed by atoms with Crippen LogP contribution in [-0.2, 0) is 7.05 Å². The molecule has 0 saturated carbocycles. The molecule has 0 atom stereocenters. The minimum absolute atomic E-state index is 0.218. The Bertz CT molecular complexity index is 629. The molecule has 4 N–H and O–H groups in total. The maximum Gasteiger partial charge on any atom is 0.248 e. The Hall–Kier alpha value is -2.50. The maximum atomic E-state index is 11.0. The lowest BCUT2D eigenvalue weighted by molar-refractivity contribution is 0.100. The van der Waals surface area contributed by atoms with Gasteiger partial charge in [-0.15, -0.1) is 0 Å². The van der Waals surface area contributed by atoms with Crippen LogP contribution in [0.3, 0.4) is 0 Å². The number of aromatic nitrogens is 2. The van der Waals surface area contributed by atoms with Crippen molar-refractivity contribution in [2.24, 2.45) is 12.8 Å². The summed E-state index contributed by atoms with van der Waals surface area (Å²) in [5, 5.41) is 4.34. The van der Waals surface area contributed by atoms with Gasteiger partial charge in [0.15, 0.2) is 0 Å². The van der Waals surface area contributed by atoms with E-state index in [2.05, 4.69) is 5.10 Å². The van der Waals surface area contributed by atoms with E-state index in [1.807, 2.05) is 13.8 Å². The zero-order valence-electron chi connectivity index (χ0n) is 11.8. The van der Waals surface area contributed by atoms with Gasteiger partial charge in [-0.25, -0.2) is 4.68 Å². The van der Waals surface area contributed by atoms with Gasteiger partial charge < -0.3 is 16.2 Å². The quantitative estimate of drug-likeness (QED) is 0.891. The third-order valence-electron chi connectivity index (χ3n) is 2.96. The Kier molecular flexibility index (Phi) is 3.65. The molecule has 0 aliphatic carbocycles. The number of benzene rings is 1. The standard InChI is InChI=1S/C14H18N4O2/c1-8(2)12-11(15)14(18(3)17-12)20-10-6-4-9(5-7-10)13(16)19/h4-8H,15H2,1-3H3,(H2,16,19). The summed E-state index contributed by atoms with van der Waals surface area (Å²) in [6.45, 7) is 4.04. The summed E-state index contributed by atoms with van der Waals surface area (Å²) in [7, 11) is 1.77. The summed E-state index contributed by atoms with van der Waals surface area (Å²) in [4.78, 5) is 11.0. The number of aryl methyl sites for hydroxylation is 1. The molecule has 1 amide bonds. The molecule has 2 rings (SSSR count). The summed E-state index contributed by atoms with van der Waals surface area (Å²) in [5.41, 5.74) is 13.0. The fourth-order valence-electron chi connectivity index (χ4n) is 1.89. The van der Waals surface area contributed by atoms with Crippen molar-refractivity contribution in [3.8, 4) is 11.6 Å². The SMILES string of the molecule is CC(C)c1nn(C)c(Oc2ccc(C(N)=O)cc2)c1N. The second-order valence-corrected chi connectivity index (χ2v) is 4.87. The lowest BCUT2D eigenvalue weighted by atomic mass is 10.1. The number of rotatable bonds is 4. The topological polar surface area (TPSA) is 96.2 Å². The molecular formula is C14H18N4O2. The number of nitrogen functional groups attached to an aromatic ring is 1. The smallest absolute Gasteiger partial charge is 0.248 e. The van der Waals surface area contributed by atoms with Crippen LogP contribution < -0.4 is 16.2 Å². The first kappa shape index (κ1) is 13.9. The number of primary amides is 1. The molecule has 0 fully saturated rings. The molecule has 1 heterocycles. The van der Waals surface area contributed by atoms with E-state index in [1.165, 1.54) is 0 Å². The second kappa shape index (κ2) is 5.24. The number of ether oxygens (including phenoxy) is 1. The van der Waals surface area contributed by atoms with Crippen LogP contribution in [0, 0.1) is 0 Å². The summed E-state index contributed by atoms with van der Waals surface area (Å²) in [5.74, 6) is 0.801. The van der Waals surface area contributed by atoms with Crippen molar-refractivity contribution in [2.45, 2.75) is 19.8 Å². The van der Waals surface area contributed by atoms with Gasteiger partial charge in [-0.1, -0.05) is 13.8 Å². The highest BCUT2D eigenvalue weighted by Crippen LogP contribution is 2.32. The van der Waals surface area contributed by atoms with Crippen LogP contribution in [0.15, 0.2) is 24.3 Å². The molecule has 0 unspecified atom stereocenters. The van der Waals surface area contributed by atoms with Gasteiger partial charge in [0.25, 0.3) is 0 Å². The maximum absolute atomic E-state index is 11.0. The van der Waals surface area contributed by atoms with Crippen LogP contribution >= 0.6 is 0 Å². The van der Waals surface area contributed by atoms with E-state index >= 15 is 0 Å². The molecule has 0 bridgehead atoms. The van der Waals surface area contributed by atoms with Gasteiger partial charge in [-0.2, -0.15) is 5.10 Å². The van der Waals surface area contributed by atoms with E-state index in [0.29, 0.717) is 22.9 Å².